The molecule has 6 heteroatoms. The molecule has 1 N–H and O–H groups in total. The minimum atomic E-state index is -0.835. The van der Waals surface area contributed by atoms with Gasteiger partial charge < -0.3 is 14.6 Å². The summed E-state index contributed by atoms with van der Waals surface area (Å²) >= 11 is 0. The van der Waals surface area contributed by atoms with Crippen molar-refractivity contribution < 1.29 is 24.2 Å². The van der Waals surface area contributed by atoms with Gasteiger partial charge in [0.05, 0.1) is 25.8 Å². The maximum atomic E-state index is 13.2. The number of para-hydroxylation sites is 1. The Hall–Kier alpha value is -4.06. The van der Waals surface area contributed by atoms with E-state index in [-0.39, 0.29) is 11.3 Å². The number of Topliss-reactive ketones (excluding diaryl/α,β-unsaturated/α-hetero) is 1. The summed E-state index contributed by atoms with van der Waals surface area (Å²) in [5, 5.41) is 11.1. The molecule has 162 valence electrons. The van der Waals surface area contributed by atoms with Crippen LogP contribution in [0, 0.1) is 6.92 Å². The minimum Gasteiger partial charge on any atom is -0.507 e. The van der Waals surface area contributed by atoms with Gasteiger partial charge in [0.15, 0.2) is 11.5 Å². The van der Waals surface area contributed by atoms with Gasteiger partial charge in [0.25, 0.3) is 11.7 Å². The van der Waals surface area contributed by atoms with Crippen LogP contribution in [0.1, 0.15) is 22.7 Å². The van der Waals surface area contributed by atoms with E-state index in [1.807, 2.05) is 25.1 Å². The summed E-state index contributed by atoms with van der Waals surface area (Å²) < 4.78 is 10.8. The first-order valence-electron chi connectivity index (χ1n) is 10.1. The molecule has 4 rings (SSSR count). The Kier molecular flexibility index (Phi) is 5.69. The van der Waals surface area contributed by atoms with Crippen LogP contribution in [0.3, 0.4) is 0 Å². The molecule has 6 nitrogen and oxygen atoms in total. The molecule has 1 atom stereocenters. The van der Waals surface area contributed by atoms with E-state index in [4.69, 9.17) is 9.47 Å². The lowest BCUT2D eigenvalue weighted by atomic mass is 9.94. The molecular weight excluding hydrogens is 406 g/mol. The fourth-order valence-corrected chi connectivity index (χ4v) is 3.89. The molecule has 1 aliphatic heterocycles. The molecule has 1 heterocycles. The number of amides is 1. The second kappa shape index (κ2) is 8.59. The number of methoxy groups -OCH3 is 2. The van der Waals surface area contributed by atoms with Gasteiger partial charge in [-0.05, 0) is 36.8 Å². The number of anilines is 1. The number of carbonyl (C=O) groups excluding carboxylic acids is 2. The van der Waals surface area contributed by atoms with Gasteiger partial charge in [0.2, 0.25) is 0 Å². The van der Waals surface area contributed by atoms with Crippen LogP contribution in [0.2, 0.25) is 0 Å². The Labute approximate surface area is 186 Å². The third-order valence-electron chi connectivity index (χ3n) is 5.53. The zero-order chi connectivity index (χ0) is 22.8. The number of ketones is 1. The summed E-state index contributed by atoms with van der Waals surface area (Å²) in [4.78, 5) is 27.7. The topological polar surface area (TPSA) is 76.1 Å². The van der Waals surface area contributed by atoms with Crippen molar-refractivity contribution >= 4 is 23.1 Å². The predicted octanol–water partition coefficient (Wildman–Crippen LogP) is 4.64. The first-order chi connectivity index (χ1) is 15.5. The summed E-state index contributed by atoms with van der Waals surface area (Å²) in [6.07, 6.45) is 0. The smallest absolute Gasteiger partial charge is 0.300 e. The maximum absolute atomic E-state index is 13.2. The van der Waals surface area contributed by atoms with E-state index >= 15 is 0 Å². The number of benzene rings is 3. The molecule has 32 heavy (non-hydrogen) atoms. The van der Waals surface area contributed by atoms with Crippen molar-refractivity contribution in [3.8, 4) is 11.5 Å². The highest BCUT2D eigenvalue weighted by Crippen LogP contribution is 2.44. The van der Waals surface area contributed by atoms with Crippen molar-refractivity contribution in [3.05, 3.63) is 95.1 Å². The Morgan fingerprint density at radius 1 is 0.875 bits per heavy atom. The number of ether oxygens (including phenoxy) is 2. The third-order valence-corrected chi connectivity index (χ3v) is 5.53. The summed E-state index contributed by atoms with van der Waals surface area (Å²) in [6.45, 7) is 1.93. The van der Waals surface area contributed by atoms with Gasteiger partial charge in [-0.25, -0.2) is 0 Å². The first-order valence-corrected chi connectivity index (χ1v) is 10.1. The molecule has 1 saturated heterocycles. The molecule has 3 aromatic rings. The van der Waals surface area contributed by atoms with Crippen molar-refractivity contribution in [3.63, 3.8) is 0 Å². The van der Waals surface area contributed by atoms with E-state index in [1.165, 1.54) is 19.1 Å². The Morgan fingerprint density at radius 2 is 1.53 bits per heavy atom. The lowest BCUT2D eigenvalue weighted by Gasteiger charge is -2.26. The Balaban J connectivity index is 1.96. The molecular formula is C26H23NO5. The normalized spacial score (nSPS) is 17.5. The number of rotatable bonds is 5. The van der Waals surface area contributed by atoms with Gasteiger partial charge in [-0.3, -0.25) is 14.5 Å². The third kappa shape index (κ3) is 3.60. The van der Waals surface area contributed by atoms with Crippen molar-refractivity contribution in [2.24, 2.45) is 0 Å². The zero-order valence-corrected chi connectivity index (χ0v) is 18.0. The van der Waals surface area contributed by atoms with Crippen LogP contribution in [0.4, 0.5) is 5.69 Å². The van der Waals surface area contributed by atoms with Crippen LogP contribution < -0.4 is 14.4 Å². The second-order valence-electron chi connectivity index (χ2n) is 7.49. The maximum Gasteiger partial charge on any atom is 0.300 e. The average molecular weight is 429 g/mol. The van der Waals surface area contributed by atoms with Crippen LogP contribution in [-0.2, 0) is 9.59 Å². The molecule has 0 aromatic heterocycles. The largest absolute Gasteiger partial charge is 0.507 e. The predicted molar refractivity (Wildman–Crippen MR) is 122 cm³/mol. The molecule has 0 bridgehead atoms. The molecule has 1 amide bonds. The molecule has 0 aliphatic carbocycles. The van der Waals surface area contributed by atoms with Gasteiger partial charge in [-0.1, -0.05) is 54.1 Å². The molecule has 1 aliphatic rings. The molecule has 3 aromatic carbocycles. The second-order valence-corrected chi connectivity index (χ2v) is 7.49. The number of aliphatic hydroxyl groups excluding tert-OH is 1. The highest BCUT2D eigenvalue weighted by molar-refractivity contribution is 6.51. The van der Waals surface area contributed by atoms with Crippen molar-refractivity contribution in [1.29, 1.82) is 0 Å². The van der Waals surface area contributed by atoms with Crippen molar-refractivity contribution in [2.45, 2.75) is 13.0 Å². The lowest BCUT2D eigenvalue weighted by molar-refractivity contribution is -0.132. The molecule has 1 unspecified atom stereocenters. The number of aryl methyl sites for hydroxylation is 1. The standard InChI is InChI=1S/C26H23NO5/c1-16-9-11-17(12-10-16)24(28)22-23(18-13-14-20(31-2)21(15-18)32-3)27(26(30)25(22)29)19-7-5-4-6-8-19/h4-15,23,28H,1-3H3/b24-22-. The van der Waals surface area contributed by atoms with E-state index < -0.39 is 17.7 Å². The molecule has 0 radical (unpaired) electrons. The van der Waals surface area contributed by atoms with Crippen molar-refractivity contribution in [2.75, 3.05) is 19.1 Å². The monoisotopic (exact) mass is 429 g/mol. The van der Waals surface area contributed by atoms with Gasteiger partial charge >= 0.3 is 0 Å². The zero-order valence-electron chi connectivity index (χ0n) is 18.0. The summed E-state index contributed by atoms with van der Waals surface area (Å²) in [6, 6.07) is 20.4. The Bertz CT molecular complexity index is 1200. The van der Waals surface area contributed by atoms with Gasteiger partial charge in [0.1, 0.15) is 5.76 Å². The Morgan fingerprint density at radius 3 is 2.16 bits per heavy atom. The molecule has 1 fully saturated rings. The summed E-state index contributed by atoms with van der Waals surface area (Å²) in [5.41, 5.74) is 2.67. The average Bonchev–Trinajstić information content (AvgIpc) is 3.09. The van der Waals surface area contributed by atoms with Crippen LogP contribution in [0.5, 0.6) is 11.5 Å². The van der Waals surface area contributed by atoms with E-state index in [0.29, 0.717) is 28.3 Å². The van der Waals surface area contributed by atoms with E-state index in [2.05, 4.69) is 0 Å². The van der Waals surface area contributed by atoms with Gasteiger partial charge in [-0.2, -0.15) is 0 Å². The lowest BCUT2D eigenvalue weighted by Crippen LogP contribution is -2.29. The van der Waals surface area contributed by atoms with Crippen molar-refractivity contribution in [1.82, 2.24) is 0 Å². The van der Waals surface area contributed by atoms with Crippen LogP contribution in [0.25, 0.3) is 5.76 Å². The summed E-state index contributed by atoms with van der Waals surface area (Å²) in [5.74, 6) is -0.691. The SMILES string of the molecule is COc1ccc(C2/C(=C(/O)c3ccc(C)cc3)C(=O)C(=O)N2c2ccccc2)cc1OC. The quantitative estimate of drug-likeness (QED) is 0.363. The van der Waals surface area contributed by atoms with Crippen LogP contribution in [0.15, 0.2) is 78.4 Å². The fourth-order valence-electron chi connectivity index (χ4n) is 3.89. The number of carbonyl (C=O) groups is 2. The van der Waals surface area contributed by atoms with Gasteiger partial charge in [0, 0.05) is 11.3 Å². The molecule has 0 spiro atoms. The van der Waals surface area contributed by atoms with Crippen LogP contribution >= 0.6 is 0 Å². The van der Waals surface area contributed by atoms with E-state index in [1.54, 1.807) is 54.6 Å². The van der Waals surface area contributed by atoms with Gasteiger partial charge in [-0.15, -0.1) is 0 Å². The number of nitrogens with zero attached hydrogens (tertiary/aromatic N) is 1. The number of hydrogen-bond acceptors (Lipinski definition) is 5. The molecule has 0 saturated carbocycles. The highest BCUT2D eigenvalue weighted by Gasteiger charge is 2.47. The van der Waals surface area contributed by atoms with E-state index in [0.717, 1.165) is 5.56 Å². The first kappa shape index (κ1) is 21.2. The highest BCUT2D eigenvalue weighted by atomic mass is 16.5. The van der Waals surface area contributed by atoms with E-state index in [9.17, 15) is 14.7 Å². The van der Waals surface area contributed by atoms with Crippen LogP contribution in [-0.4, -0.2) is 31.0 Å². The number of aliphatic hydroxyl groups is 1. The minimum absolute atomic E-state index is 0.0231. The fraction of sp³-hybridized carbons (Fsp3) is 0.154. The summed E-state index contributed by atoms with van der Waals surface area (Å²) in [7, 11) is 3.05. The number of hydrogen-bond donors (Lipinski definition) is 1.